The Morgan fingerprint density at radius 3 is 2.75 bits per heavy atom. The lowest BCUT2D eigenvalue weighted by Gasteiger charge is -2.29. The molecule has 16 heavy (non-hydrogen) atoms. The Bertz CT molecular complexity index is 379. The summed E-state index contributed by atoms with van der Waals surface area (Å²) in [6.45, 7) is 10.1. The minimum Gasteiger partial charge on any atom is -0.310 e. The fraction of sp³-hybridized carbons (Fsp3) is 0.600. The third-order valence-electron chi connectivity index (χ3n) is 3.50. The van der Waals surface area contributed by atoms with Crippen molar-refractivity contribution in [3.63, 3.8) is 0 Å². The lowest BCUT2D eigenvalue weighted by molar-refractivity contribution is 0.397. The summed E-state index contributed by atoms with van der Waals surface area (Å²) in [6, 6.07) is 5.34. The summed E-state index contributed by atoms with van der Waals surface area (Å²) in [6.07, 6.45) is 2.49. The number of hydrogen-bond acceptors (Lipinski definition) is 1. The fourth-order valence-corrected chi connectivity index (χ4v) is 2.84. The SMILES string of the molecule is Cc1cc(C)c2c(c1)CC(CC(C)C)NC2. The molecule has 1 unspecified atom stereocenters. The molecule has 0 radical (unpaired) electrons. The lowest BCUT2D eigenvalue weighted by atomic mass is 9.88. The molecular weight excluding hydrogens is 194 g/mol. The zero-order valence-electron chi connectivity index (χ0n) is 10.9. The third kappa shape index (κ3) is 2.46. The molecule has 0 saturated heterocycles. The van der Waals surface area contributed by atoms with Crippen LogP contribution < -0.4 is 5.32 Å². The van der Waals surface area contributed by atoms with Crippen molar-refractivity contribution in [2.24, 2.45) is 5.92 Å². The molecule has 1 nitrogen and oxygen atoms in total. The van der Waals surface area contributed by atoms with Crippen LogP contribution in [-0.2, 0) is 13.0 Å². The van der Waals surface area contributed by atoms with Crippen molar-refractivity contribution in [2.75, 3.05) is 0 Å². The van der Waals surface area contributed by atoms with Gasteiger partial charge in [0.25, 0.3) is 0 Å². The maximum atomic E-state index is 3.67. The Kier molecular flexibility index (Phi) is 3.34. The molecule has 1 atom stereocenters. The smallest absolute Gasteiger partial charge is 0.0213 e. The zero-order valence-corrected chi connectivity index (χ0v) is 10.9. The van der Waals surface area contributed by atoms with Crippen LogP contribution in [0.25, 0.3) is 0 Å². The molecule has 1 aliphatic rings. The first-order valence-corrected chi connectivity index (χ1v) is 6.38. The molecule has 2 rings (SSSR count). The zero-order chi connectivity index (χ0) is 11.7. The van der Waals surface area contributed by atoms with Crippen LogP contribution in [-0.4, -0.2) is 6.04 Å². The number of hydrogen-bond donors (Lipinski definition) is 1. The topological polar surface area (TPSA) is 12.0 Å². The predicted molar refractivity (Wildman–Crippen MR) is 69.7 cm³/mol. The maximum Gasteiger partial charge on any atom is 0.0213 e. The first kappa shape index (κ1) is 11.7. The molecule has 0 fully saturated rings. The fourth-order valence-electron chi connectivity index (χ4n) is 2.84. The molecule has 0 spiro atoms. The Hall–Kier alpha value is -0.820. The van der Waals surface area contributed by atoms with Gasteiger partial charge in [-0.05, 0) is 49.3 Å². The molecule has 0 aliphatic carbocycles. The van der Waals surface area contributed by atoms with Crippen molar-refractivity contribution in [1.29, 1.82) is 0 Å². The van der Waals surface area contributed by atoms with Gasteiger partial charge < -0.3 is 5.32 Å². The van der Waals surface area contributed by atoms with Gasteiger partial charge >= 0.3 is 0 Å². The minimum atomic E-state index is 0.675. The molecule has 1 aromatic rings. The normalized spacial score (nSPS) is 19.9. The summed E-state index contributed by atoms with van der Waals surface area (Å²) in [7, 11) is 0. The largest absolute Gasteiger partial charge is 0.310 e. The summed E-state index contributed by atoms with van der Waals surface area (Å²) in [5, 5.41) is 3.67. The van der Waals surface area contributed by atoms with Crippen molar-refractivity contribution in [1.82, 2.24) is 5.32 Å². The molecule has 1 heteroatoms. The third-order valence-corrected chi connectivity index (χ3v) is 3.50. The second kappa shape index (κ2) is 4.58. The van der Waals surface area contributed by atoms with E-state index < -0.39 is 0 Å². The number of fused-ring (bicyclic) bond motifs is 1. The van der Waals surface area contributed by atoms with E-state index in [-0.39, 0.29) is 0 Å². The maximum absolute atomic E-state index is 3.67. The van der Waals surface area contributed by atoms with Crippen LogP contribution in [0.3, 0.4) is 0 Å². The van der Waals surface area contributed by atoms with E-state index in [9.17, 15) is 0 Å². The van der Waals surface area contributed by atoms with Crippen LogP contribution in [0.1, 0.15) is 42.5 Å². The Balaban J connectivity index is 2.20. The quantitative estimate of drug-likeness (QED) is 0.801. The van der Waals surface area contributed by atoms with Gasteiger partial charge in [0.05, 0.1) is 0 Å². The van der Waals surface area contributed by atoms with Gasteiger partial charge in [-0.3, -0.25) is 0 Å². The number of rotatable bonds is 2. The Morgan fingerprint density at radius 2 is 2.06 bits per heavy atom. The summed E-state index contributed by atoms with van der Waals surface area (Å²) in [5.74, 6) is 0.782. The monoisotopic (exact) mass is 217 g/mol. The van der Waals surface area contributed by atoms with Gasteiger partial charge in [-0.25, -0.2) is 0 Å². The van der Waals surface area contributed by atoms with E-state index in [4.69, 9.17) is 0 Å². The van der Waals surface area contributed by atoms with E-state index in [1.165, 1.54) is 29.5 Å². The first-order chi connectivity index (χ1) is 7.56. The second-order valence-corrected chi connectivity index (χ2v) is 5.63. The molecule has 0 amide bonds. The summed E-state index contributed by atoms with van der Waals surface area (Å²) in [4.78, 5) is 0. The van der Waals surface area contributed by atoms with E-state index in [2.05, 4.69) is 45.1 Å². The molecule has 88 valence electrons. The van der Waals surface area contributed by atoms with Gasteiger partial charge in [-0.1, -0.05) is 31.5 Å². The van der Waals surface area contributed by atoms with Gasteiger partial charge in [0.15, 0.2) is 0 Å². The highest BCUT2D eigenvalue weighted by Crippen LogP contribution is 2.24. The highest BCUT2D eigenvalue weighted by Gasteiger charge is 2.19. The minimum absolute atomic E-state index is 0.675. The van der Waals surface area contributed by atoms with Crippen LogP contribution in [0.5, 0.6) is 0 Å². The van der Waals surface area contributed by atoms with Crippen LogP contribution in [0.4, 0.5) is 0 Å². The van der Waals surface area contributed by atoms with E-state index in [0.29, 0.717) is 6.04 Å². The van der Waals surface area contributed by atoms with Gasteiger partial charge in [0, 0.05) is 12.6 Å². The van der Waals surface area contributed by atoms with Crippen LogP contribution >= 0.6 is 0 Å². The predicted octanol–water partition coefficient (Wildman–Crippen LogP) is 3.36. The summed E-state index contributed by atoms with van der Waals surface area (Å²) < 4.78 is 0. The van der Waals surface area contributed by atoms with Gasteiger partial charge in [0.1, 0.15) is 0 Å². The molecule has 1 aliphatic heterocycles. The van der Waals surface area contributed by atoms with E-state index in [1.54, 1.807) is 5.56 Å². The van der Waals surface area contributed by atoms with Crippen molar-refractivity contribution in [3.8, 4) is 0 Å². The number of nitrogens with one attached hydrogen (secondary N) is 1. The van der Waals surface area contributed by atoms with Crippen LogP contribution in [0.2, 0.25) is 0 Å². The van der Waals surface area contributed by atoms with Crippen molar-refractivity contribution in [3.05, 3.63) is 34.4 Å². The number of aryl methyl sites for hydroxylation is 2. The van der Waals surface area contributed by atoms with Crippen molar-refractivity contribution < 1.29 is 0 Å². The van der Waals surface area contributed by atoms with Crippen LogP contribution in [0, 0.1) is 19.8 Å². The van der Waals surface area contributed by atoms with Crippen molar-refractivity contribution >= 4 is 0 Å². The summed E-state index contributed by atoms with van der Waals surface area (Å²) in [5.41, 5.74) is 5.96. The van der Waals surface area contributed by atoms with E-state index >= 15 is 0 Å². The lowest BCUT2D eigenvalue weighted by Crippen LogP contribution is -2.36. The van der Waals surface area contributed by atoms with E-state index in [0.717, 1.165) is 12.5 Å². The molecule has 0 aromatic heterocycles. The molecule has 1 heterocycles. The molecular formula is C15H23N. The molecule has 1 aromatic carbocycles. The molecule has 1 N–H and O–H groups in total. The highest BCUT2D eigenvalue weighted by atomic mass is 14.9. The standard InChI is InChI=1S/C15H23N/c1-10(2)5-14-8-13-7-11(3)6-12(4)15(13)9-16-14/h6-7,10,14,16H,5,8-9H2,1-4H3. The average molecular weight is 217 g/mol. The summed E-state index contributed by atoms with van der Waals surface area (Å²) >= 11 is 0. The second-order valence-electron chi connectivity index (χ2n) is 5.63. The highest BCUT2D eigenvalue weighted by molar-refractivity contribution is 5.40. The van der Waals surface area contributed by atoms with Gasteiger partial charge in [-0.15, -0.1) is 0 Å². The Labute approximate surface area is 99.3 Å². The van der Waals surface area contributed by atoms with Crippen LogP contribution in [0.15, 0.2) is 12.1 Å². The van der Waals surface area contributed by atoms with Gasteiger partial charge in [0.2, 0.25) is 0 Å². The van der Waals surface area contributed by atoms with Crippen molar-refractivity contribution in [2.45, 2.75) is 53.1 Å². The molecule has 0 saturated carbocycles. The molecule has 0 bridgehead atoms. The Morgan fingerprint density at radius 1 is 1.31 bits per heavy atom. The van der Waals surface area contributed by atoms with Gasteiger partial charge in [-0.2, -0.15) is 0 Å². The van der Waals surface area contributed by atoms with E-state index in [1.807, 2.05) is 0 Å². The average Bonchev–Trinajstić information content (AvgIpc) is 2.15. The first-order valence-electron chi connectivity index (χ1n) is 6.38. The number of benzene rings is 1.